The number of benzene rings is 3. The highest BCUT2D eigenvalue weighted by Crippen LogP contribution is 2.44. The predicted molar refractivity (Wildman–Crippen MR) is 134 cm³/mol. The summed E-state index contributed by atoms with van der Waals surface area (Å²) in [4.78, 5) is 27.3. The maximum Gasteiger partial charge on any atom is 0.408 e. The van der Waals surface area contributed by atoms with Crippen LogP contribution in [-0.2, 0) is 16.1 Å². The first kappa shape index (κ1) is 23.1. The van der Waals surface area contributed by atoms with Gasteiger partial charge in [-0.2, -0.15) is 0 Å². The molecule has 2 N–H and O–H groups in total. The SMILES string of the molecule is Cc1ccccc1CN1CCC(NC(=O)OCC2c3ccccc3-c3ccccc32)(C(=O)O)CC1. The van der Waals surface area contributed by atoms with Crippen LogP contribution in [-0.4, -0.2) is 47.3 Å². The molecular formula is C29H30N2O4. The van der Waals surface area contributed by atoms with Crippen LogP contribution in [0.2, 0.25) is 0 Å². The lowest BCUT2D eigenvalue weighted by Gasteiger charge is -2.39. The molecule has 3 aromatic rings. The molecule has 5 rings (SSSR count). The zero-order valence-electron chi connectivity index (χ0n) is 19.9. The summed E-state index contributed by atoms with van der Waals surface area (Å²) in [5.41, 5.74) is 5.70. The van der Waals surface area contributed by atoms with Gasteiger partial charge in [0.1, 0.15) is 12.1 Å². The van der Waals surface area contributed by atoms with Gasteiger partial charge >= 0.3 is 12.1 Å². The average Bonchev–Trinajstić information content (AvgIpc) is 3.19. The van der Waals surface area contributed by atoms with Crippen LogP contribution in [0.1, 0.15) is 41.0 Å². The summed E-state index contributed by atoms with van der Waals surface area (Å²) in [7, 11) is 0. The van der Waals surface area contributed by atoms with E-state index in [1.165, 1.54) is 11.1 Å². The summed E-state index contributed by atoms with van der Waals surface area (Å²) >= 11 is 0. The van der Waals surface area contributed by atoms with Crippen molar-refractivity contribution in [3.63, 3.8) is 0 Å². The van der Waals surface area contributed by atoms with Crippen molar-refractivity contribution in [2.75, 3.05) is 19.7 Å². The number of nitrogens with zero attached hydrogens (tertiary/aromatic N) is 1. The lowest BCUT2D eigenvalue weighted by molar-refractivity contribution is -0.147. The topological polar surface area (TPSA) is 78.9 Å². The molecular weight excluding hydrogens is 440 g/mol. The second-order valence-corrected chi connectivity index (χ2v) is 9.54. The first-order valence-corrected chi connectivity index (χ1v) is 12.1. The fourth-order valence-electron chi connectivity index (χ4n) is 5.34. The monoisotopic (exact) mass is 470 g/mol. The number of likely N-dealkylation sites (tertiary alicyclic amines) is 1. The Bertz CT molecular complexity index is 1200. The number of nitrogens with one attached hydrogen (secondary N) is 1. The van der Waals surface area contributed by atoms with E-state index in [1.54, 1.807) is 0 Å². The maximum atomic E-state index is 12.8. The molecule has 0 unspecified atom stereocenters. The van der Waals surface area contributed by atoms with Crippen LogP contribution in [0.4, 0.5) is 4.79 Å². The molecule has 0 radical (unpaired) electrons. The Balaban J connectivity index is 1.22. The molecule has 0 atom stereocenters. The van der Waals surface area contributed by atoms with Crippen molar-refractivity contribution in [1.29, 1.82) is 0 Å². The maximum absolute atomic E-state index is 12.8. The van der Waals surface area contributed by atoms with Gasteiger partial charge in [0.2, 0.25) is 0 Å². The highest BCUT2D eigenvalue weighted by Gasteiger charge is 2.43. The van der Waals surface area contributed by atoms with Gasteiger partial charge in [0, 0.05) is 25.6 Å². The van der Waals surface area contributed by atoms with E-state index in [1.807, 2.05) is 36.4 Å². The minimum absolute atomic E-state index is 0.0649. The highest BCUT2D eigenvalue weighted by atomic mass is 16.5. The fourth-order valence-corrected chi connectivity index (χ4v) is 5.34. The largest absolute Gasteiger partial charge is 0.480 e. The molecule has 6 heteroatoms. The zero-order chi connectivity index (χ0) is 24.4. The fraction of sp³-hybridized carbons (Fsp3) is 0.310. The van der Waals surface area contributed by atoms with Crippen LogP contribution in [0.15, 0.2) is 72.8 Å². The van der Waals surface area contributed by atoms with Crippen LogP contribution >= 0.6 is 0 Å². The number of aryl methyl sites for hydroxylation is 1. The molecule has 1 amide bonds. The molecule has 6 nitrogen and oxygen atoms in total. The van der Waals surface area contributed by atoms with Gasteiger partial charge in [0.15, 0.2) is 0 Å². The van der Waals surface area contributed by atoms with Crippen molar-refractivity contribution < 1.29 is 19.4 Å². The second kappa shape index (κ2) is 9.55. The number of amides is 1. The van der Waals surface area contributed by atoms with Gasteiger partial charge < -0.3 is 15.2 Å². The molecule has 1 aliphatic carbocycles. The summed E-state index contributed by atoms with van der Waals surface area (Å²) in [6.07, 6.45) is -0.0155. The second-order valence-electron chi connectivity index (χ2n) is 9.54. The summed E-state index contributed by atoms with van der Waals surface area (Å²) < 4.78 is 5.63. The molecule has 0 bridgehead atoms. The number of hydrogen-bond donors (Lipinski definition) is 2. The first-order valence-electron chi connectivity index (χ1n) is 12.1. The van der Waals surface area contributed by atoms with Crippen LogP contribution in [0.25, 0.3) is 11.1 Å². The number of alkyl carbamates (subject to hydrolysis) is 1. The Kier molecular flexibility index (Phi) is 6.31. The summed E-state index contributed by atoms with van der Waals surface area (Å²) in [6.45, 7) is 4.19. The summed E-state index contributed by atoms with van der Waals surface area (Å²) in [6, 6.07) is 24.5. The third kappa shape index (κ3) is 4.54. The molecule has 0 aromatic heterocycles. The lowest BCUT2D eigenvalue weighted by atomic mass is 9.87. The van der Waals surface area contributed by atoms with E-state index >= 15 is 0 Å². The number of ether oxygens (including phenoxy) is 1. The van der Waals surface area contributed by atoms with E-state index in [9.17, 15) is 14.7 Å². The van der Waals surface area contributed by atoms with Crippen molar-refractivity contribution in [3.8, 4) is 11.1 Å². The van der Waals surface area contributed by atoms with Crippen LogP contribution in [0.3, 0.4) is 0 Å². The van der Waals surface area contributed by atoms with Gasteiger partial charge in [-0.3, -0.25) is 4.90 Å². The number of aliphatic carboxylic acids is 1. The lowest BCUT2D eigenvalue weighted by Crippen LogP contribution is -2.60. The predicted octanol–water partition coefficient (Wildman–Crippen LogP) is 4.95. The molecule has 35 heavy (non-hydrogen) atoms. The van der Waals surface area contributed by atoms with Gasteiger partial charge in [-0.25, -0.2) is 9.59 Å². The standard InChI is InChI=1S/C29H30N2O4/c1-20-8-2-3-9-21(20)18-31-16-14-29(15-17-31,27(32)33)30-28(34)35-19-26-24-12-6-4-10-22(24)23-11-5-7-13-25(23)26/h2-13,26H,14-19H2,1H3,(H,30,34)(H,32,33). The molecule has 180 valence electrons. The number of piperidine rings is 1. The molecule has 1 saturated heterocycles. The third-order valence-corrected chi connectivity index (χ3v) is 7.46. The van der Waals surface area contributed by atoms with Gasteiger partial charge in [-0.05, 0) is 53.1 Å². The van der Waals surface area contributed by atoms with Gasteiger partial charge in [0.05, 0.1) is 0 Å². The van der Waals surface area contributed by atoms with E-state index < -0.39 is 17.6 Å². The molecule has 1 heterocycles. The number of carboxylic acid groups (broad SMARTS) is 1. The van der Waals surface area contributed by atoms with Crippen molar-refractivity contribution in [2.45, 2.75) is 37.8 Å². The Morgan fingerprint density at radius 3 is 2.11 bits per heavy atom. The van der Waals surface area contributed by atoms with Crippen LogP contribution < -0.4 is 5.32 Å². The number of carbonyl (C=O) groups excluding carboxylic acids is 1. The Labute approximate surface area is 205 Å². The van der Waals surface area contributed by atoms with Gasteiger partial charge in [-0.15, -0.1) is 0 Å². The van der Waals surface area contributed by atoms with Crippen molar-refractivity contribution in [3.05, 3.63) is 95.1 Å². The normalized spacial score (nSPS) is 16.8. The molecule has 2 aliphatic rings. The molecule has 0 saturated carbocycles. The van der Waals surface area contributed by atoms with Crippen LogP contribution in [0.5, 0.6) is 0 Å². The summed E-state index contributed by atoms with van der Waals surface area (Å²) in [5.74, 6) is -1.08. The molecule has 1 aliphatic heterocycles. The van der Waals surface area contributed by atoms with E-state index in [0.717, 1.165) is 28.8 Å². The smallest absolute Gasteiger partial charge is 0.408 e. The molecule has 0 spiro atoms. The van der Waals surface area contributed by atoms with Crippen molar-refractivity contribution in [1.82, 2.24) is 10.2 Å². The highest BCUT2D eigenvalue weighted by molar-refractivity contribution is 5.85. The van der Waals surface area contributed by atoms with E-state index in [0.29, 0.717) is 25.9 Å². The van der Waals surface area contributed by atoms with Crippen molar-refractivity contribution >= 4 is 12.1 Å². The van der Waals surface area contributed by atoms with Crippen LogP contribution in [0, 0.1) is 6.92 Å². The van der Waals surface area contributed by atoms with E-state index in [4.69, 9.17) is 4.74 Å². The molecule has 3 aromatic carbocycles. The Morgan fingerprint density at radius 2 is 1.51 bits per heavy atom. The number of carboxylic acids is 1. The van der Waals surface area contributed by atoms with Crippen molar-refractivity contribution in [2.24, 2.45) is 0 Å². The van der Waals surface area contributed by atoms with E-state index in [-0.39, 0.29) is 12.5 Å². The molecule has 1 fully saturated rings. The number of rotatable bonds is 6. The average molecular weight is 471 g/mol. The summed E-state index contributed by atoms with van der Waals surface area (Å²) in [5, 5.41) is 12.7. The van der Waals surface area contributed by atoms with E-state index in [2.05, 4.69) is 53.5 Å². The number of fused-ring (bicyclic) bond motifs is 3. The minimum atomic E-state index is -1.31. The third-order valence-electron chi connectivity index (χ3n) is 7.46. The minimum Gasteiger partial charge on any atom is -0.480 e. The number of carbonyl (C=O) groups is 2. The first-order chi connectivity index (χ1) is 17.0. The number of hydrogen-bond acceptors (Lipinski definition) is 4. The van der Waals surface area contributed by atoms with Gasteiger partial charge in [0.25, 0.3) is 0 Å². The Morgan fingerprint density at radius 1 is 0.943 bits per heavy atom. The zero-order valence-corrected chi connectivity index (χ0v) is 19.9. The quantitative estimate of drug-likeness (QED) is 0.533. The van der Waals surface area contributed by atoms with Gasteiger partial charge in [-0.1, -0.05) is 72.8 Å². The Hall–Kier alpha value is -3.64.